The second-order valence-electron chi connectivity index (χ2n) is 3.72. The van der Waals surface area contributed by atoms with Gasteiger partial charge in [-0.25, -0.2) is 4.79 Å². The lowest BCUT2D eigenvalue weighted by Gasteiger charge is -2.22. The number of hydrogen-bond donors (Lipinski definition) is 1. The molecule has 1 amide bonds. The molecule has 1 heterocycles. The molecule has 2 unspecified atom stereocenters. The smallest absolute Gasteiger partial charge is 0.328 e. The maximum Gasteiger partial charge on any atom is 0.328 e. The van der Waals surface area contributed by atoms with Crippen LogP contribution in [0.15, 0.2) is 0 Å². The Labute approximate surface area is 99.1 Å². The number of aliphatic hydroxyl groups excluding tert-OH is 1. The molecule has 0 aromatic rings. The number of likely N-dealkylation sites (tertiary alicyclic amines) is 1. The minimum Gasteiger partial charge on any atom is -0.467 e. The number of hydrogen-bond acceptors (Lipinski definition) is 5. The highest BCUT2D eigenvalue weighted by Gasteiger charge is 2.39. The number of methoxy groups -OCH3 is 1. The molecule has 0 aliphatic carbocycles. The van der Waals surface area contributed by atoms with Crippen LogP contribution in [0, 0.1) is 0 Å². The van der Waals surface area contributed by atoms with E-state index in [9.17, 15) is 14.7 Å². The van der Waals surface area contributed by atoms with Crippen molar-refractivity contribution in [1.82, 2.24) is 4.90 Å². The van der Waals surface area contributed by atoms with Gasteiger partial charge in [0.25, 0.3) is 0 Å². The zero-order valence-electron chi connectivity index (χ0n) is 9.51. The highest BCUT2D eigenvalue weighted by Crippen LogP contribution is 2.20. The van der Waals surface area contributed by atoms with Crippen molar-refractivity contribution in [3.8, 4) is 0 Å². The standard InChI is InChI=1S/C10H17NO4S/c1-15-10(14)8-5-7(12)6-11(8)9(13)3-4-16-2/h7-8,12H,3-6H2,1-2H3. The van der Waals surface area contributed by atoms with Crippen LogP contribution >= 0.6 is 11.8 Å². The summed E-state index contributed by atoms with van der Waals surface area (Å²) in [5, 5.41) is 9.48. The van der Waals surface area contributed by atoms with E-state index in [1.807, 2.05) is 6.26 Å². The van der Waals surface area contributed by atoms with E-state index >= 15 is 0 Å². The minimum atomic E-state index is -0.623. The molecule has 1 aliphatic rings. The highest BCUT2D eigenvalue weighted by atomic mass is 32.2. The number of carbonyl (C=O) groups is 2. The van der Waals surface area contributed by atoms with Gasteiger partial charge in [-0.3, -0.25) is 4.79 Å². The summed E-state index contributed by atoms with van der Waals surface area (Å²) in [6.45, 7) is 0.229. The van der Waals surface area contributed by atoms with Crippen molar-refractivity contribution in [3.63, 3.8) is 0 Å². The summed E-state index contributed by atoms with van der Waals surface area (Å²) < 4.78 is 4.62. The summed E-state index contributed by atoms with van der Waals surface area (Å²) in [6, 6.07) is -0.616. The number of rotatable bonds is 4. The number of esters is 1. The van der Waals surface area contributed by atoms with Crippen molar-refractivity contribution >= 4 is 23.6 Å². The zero-order valence-corrected chi connectivity index (χ0v) is 10.3. The zero-order chi connectivity index (χ0) is 12.1. The van der Waals surface area contributed by atoms with Gasteiger partial charge in [0, 0.05) is 25.1 Å². The first-order valence-electron chi connectivity index (χ1n) is 5.14. The normalized spacial score (nSPS) is 24.6. The Balaban J connectivity index is 2.61. The average Bonchev–Trinajstić information content (AvgIpc) is 2.67. The van der Waals surface area contributed by atoms with Crippen LogP contribution in [-0.2, 0) is 14.3 Å². The molecule has 0 saturated carbocycles. The molecular formula is C10H17NO4S. The number of thioether (sulfide) groups is 1. The molecule has 1 aliphatic heterocycles. The fraction of sp³-hybridized carbons (Fsp3) is 0.800. The molecule has 1 rings (SSSR count). The molecule has 0 aromatic heterocycles. The van der Waals surface area contributed by atoms with E-state index < -0.39 is 18.1 Å². The van der Waals surface area contributed by atoms with Crippen molar-refractivity contribution in [2.24, 2.45) is 0 Å². The van der Waals surface area contributed by atoms with E-state index in [0.717, 1.165) is 5.75 Å². The van der Waals surface area contributed by atoms with Gasteiger partial charge in [-0.05, 0) is 6.26 Å². The predicted octanol–water partition coefficient (Wildman–Crippen LogP) is -0.126. The van der Waals surface area contributed by atoms with Crippen LogP contribution in [0.2, 0.25) is 0 Å². The predicted molar refractivity (Wildman–Crippen MR) is 61.1 cm³/mol. The Kier molecular flexibility index (Phi) is 5.08. The molecule has 0 aromatic carbocycles. The molecule has 0 spiro atoms. The van der Waals surface area contributed by atoms with Crippen LogP contribution in [0.25, 0.3) is 0 Å². The third-order valence-corrected chi connectivity index (χ3v) is 3.21. The van der Waals surface area contributed by atoms with Crippen LogP contribution in [0.5, 0.6) is 0 Å². The highest BCUT2D eigenvalue weighted by molar-refractivity contribution is 7.98. The molecule has 5 nitrogen and oxygen atoms in total. The lowest BCUT2D eigenvalue weighted by Crippen LogP contribution is -2.41. The van der Waals surface area contributed by atoms with E-state index in [1.165, 1.54) is 12.0 Å². The van der Waals surface area contributed by atoms with Crippen LogP contribution in [-0.4, -0.2) is 59.7 Å². The van der Waals surface area contributed by atoms with Gasteiger partial charge in [-0.2, -0.15) is 11.8 Å². The summed E-state index contributed by atoms with van der Waals surface area (Å²) in [4.78, 5) is 24.6. The maximum atomic E-state index is 11.8. The van der Waals surface area contributed by atoms with Crippen molar-refractivity contribution in [2.45, 2.75) is 25.0 Å². The SMILES string of the molecule is COC(=O)C1CC(O)CN1C(=O)CCSC. The summed E-state index contributed by atoms with van der Waals surface area (Å²) >= 11 is 1.58. The Morgan fingerprint density at radius 1 is 1.56 bits per heavy atom. The lowest BCUT2D eigenvalue weighted by atomic mass is 10.2. The van der Waals surface area contributed by atoms with Gasteiger partial charge in [0.2, 0.25) is 5.91 Å². The summed E-state index contributed by atoms with van der Waals surface area (Å²) in [7, 11) is 1.29. The molecule has 2 atom stereocenters. The fourth-order valence-electron chi connectivity index (χ4n) is 1.78. The van der Waals surface area contributed by atoms with Gasteiger partial charge in [-0.15, -0.1) is 0 Å². The van der Waals surface area contributed by atoms with Gasteiger partial charge in [0.05, 0.1) is 13.2 Å². The minimum absolute atomic E-state index is 0.0960. The van der Waals surface area contributed by atoms with Crippen LogP contribution in [0.3, 0.4) is 0 Å². The van der Waals surface area contributed by atoms with Crippen molar-refractivity contribution in [2.75, 3.05) is 25.7 Å². The van der Waals surface area contributed by atoms with Gasteiger partial charge < -0.3 is 14.7 Å². The second-order valence-corrected chi connectivity index (χ2v) is 4.70. The molecule has 1 fully saturated rings. The van der Waals surface area contributed by atoms with Gasteiger partial charge in [0.1, 0.15) is 6.04 Å². The Bertz CT molecular complexity index is 272. The van der Waals surface area contributed by atoms with E-state index in [1.54, 1.807) is 11.8 Å². The fourth-order valence-corrected chi connectivity index (χ4v) is 2.16. The third kappa shape index (κ3) is 3.12. The molecule has 92 valence electrons. The van der Waals surface area contributed by atoms with E-state index in [0.29, 0.717) is 6.42 Å². The van der Waals surface area contributed by atoms with Gasteiger partial charge >= 0.3 is 5.97 Å². The first-order valence-corrected chi connectivity index (χ1v) is 6.53. The molecule has 0 radical (unpaired) electrons. The summed E-state index contributed by atoms with van der Waals surface area (Å²) in [5.74, 6) is 0.176. The first-order chi connectivity index (χ1) is 7.60. The molecular weight excluding hydrogens is 230 g/mol. The number of ether oxygens (including phenoxy) is 1. The van der Waals surface area contributed by atoms with Crippen LogP contribution in [0.4, 0.5) is 0 Å². The number of amides is 1. The number of carbonyl (C=O) groups excluding carboxylic acids is 2. The van der Waals surface area contributed by atoms with Crippen molar-refractivity contribution in [1.29, 1.82) is 0 Å². The number of nitrogens with zero attached hydrogens (tertiary/aromatic N) is 1. The van der Waals surface area contributed by atoms with E-state index in [4.69, 9.17) is 0 Å². The third-order valence-electron chi connectivity index (χ3n) is 2.59. The van der Waals surface area contributed by atoms with Gasteiger partial charge in [-0.1, -0.05) is 0 Å². The first kappa shape index (κ1) is 13.3. The number of β-amino-alcohol motifs (C(OH)–C–C–N with tert-alkyl or cyclic N) is 1. The molecule has 16 heavy (non-hydrogen) atoms. The number of aliphatic hydroxyl groups is 1. The van der Waals surface area contributed by atoms with Crippen molar-refractivity contribution < 1.29 is 19.4 Å². The van der Waals surface area contributed by atoms with Crippen molar-refractivity contribution in [3.05, 3.63) is 0 Å². The van der Waals surface area contributed by atoms with E-state index in [2.05, 4.69) is 4.74 Å². The Hall–Kier alpha value is -0.750. The maximum absolute atomic E-state index is 11.8. The summed E-state index contributed by atoms with van der Waals surface area (Å²) in [5.41, 5.74) is 0. The molecule has 0 bridgehead atoms. The van der Waals surface area contributed by atoms with Crippen LogP contribution < -0.4 is 0 Å². The lowest BCUT2D eigenvalue weighted by molar-refractivity contribution is -0.150. The second kappa shape index (κ2) is 6.10. The van der Waals surface area contributed by atoms with Gasteiger partial charge in [0.15, 0.2) is 0 Å². The Morgan fingerprint density at radius 3 is 2.81 bits per heavy atom. The topological polar surface area (TPSA) is 66.8 Å². The summed E-state index contributed by atoms with van der Waals surface area (Å²) in [6.07, 6.45) is 1.96. The largest absolute Gasteiger partial charge is 0.467 e. The molecule has 1 saturated heterocycles. The molecule has 1 N–H and O–H groups in total. The monoisotopic (exact) mass is 247 g/mol. The van der Waals surface area contributed by atoms with E-state index in [-0.39, 0.29) is 18.9 Å². The average molecular weight is 247 g/mol. The Morgan fingerprint density at radius 2 is 2.25 bits per heavy atom. The van der Waals surface area contributed by atoms with Crippen LogP contribution in [0.1, 0.15) is 12.8 Å². The molecule has 6 heteroatoms. The quantitative estimate of drug-likeness (QED) is 0.701.